The summed E-state index contributed by atoms with van der Waals surface area (Å²) in [6.07, 6.45) is 1.90. The summed E-state index contributed by atoms with van der Waals surface area (Å²) in [5.41, 5.74) is 0.970. The molecule has 106 valence electrons. The Balaban J connectivity index is 1.63. The predicted molar refractivity (Wildman–Crippen MR) is 72.9 cm³/mol. The quantitative estimate of drug-likeness (QED) is 0.892. The summed E-state index contributed by atoms with van der Waals surface area (Å²) in [5, 5.41) is 2.85. The van der Waals surface area contributed by atoms with Crippen molar-refractivity contribution in [3.8, 4) is 0 Å². The lowest BCUT2D eigenvalue weighted by atomic mass is 10.1. The molecule has 0 aliphatic carbocycles. The Morgan fingerprint density at radius 3 is 2.80 bits per heavy atom. The van der Waals surface area contributed by atoms with Crippen LogP contribution in [0, 0.1) is 0 Å². The van der Waals surface area contributed by atoms with Crippen LogP contribution in [0.2, 0.25) is 0 Å². The zero-order chi connectivity index (χ0) is 13.9. The Hall–Kier alpha value is -2.04. The van der Waals surface area contributed by atoms with Gasteiger partial charge in [-0.2, -0.15) is 0 Å². The molecule has 0 unspecified atom stereocenters. The molecule has 0 spiro atoms. The maximum absolute atomic E-state index is 12.3. The zero-order valence-corrected chi connectivity index (χ0v) is 11.2. The average Bonchev–Trinajstić information content (AvgIpc) is 2.77. The van der Waals surface area contributed by atoms with E-state index >= 15 is 0 Å². The summed E-state index contributed by atoms with van der Waals surface area (Å²) in [5.74, 6) is 0.0260. The van der Waals surface area contributed by atoms with E-state index in [1.165, 1.54) is 0 Å². The van der Waals surface area contributed by atoms with Gasteiger partial charge >= 0.3 is 6.09 Å². The van der Waals surface area contributed by atoms with Gasteiger partial charge in [-0.25, -0.2) is 4.79 Å². The minimum Gasteiger partial charge on any atom is -0.445 e. The fraction of sp³-hybridized carbons (Fsp3) is 0.467. The second kappa shape index (κ2) is 5.53. The molecule has 1 aromatic rings. The number of nitrogens with zero attached hydrogens (tertiary/aromatic N) is 1. The van der Waals surface area contributed by atoms with E-state index in [4.69, 9.17) is 4.74 Å². The summed E-state index contributed by atoms with van der Waals surface area (Å²) in [7, 11) is 0. The highest BCUT2D eigenvalue weighted by Crippen LogP contribution is 2.29. The van der Waals surface area contributed by atoms with E-state index in [1.54, 1.807) is 4.90 Å². The first-order valence-electron chi connectivity index (χ1n) is 7.00. The number of fused-ring (bicyclic) bond motifs is 2. The molecular formula is C15H18N2O3. The lowest BCUT2D eigenvalue weighted by Gasteiger charge is -2.26. The summed E-state index contributed by atoms with van der Waals surface area (Å²) >= 11 is 0. The first kappa shape index (κ1) is 13.0. The van der Waals surface area contributed by atoms with Gasteiger partial charge in [-0.15, -0.1) is 0 Å². The summed E-state index contributed by atoms with van der Waals surface area (Å²) in [4.78, 5) is 25.5. The second-order valence-corrected chi connectivity index (χ2v) is 5.34. The van der Waals surface area contributed by atoms with Gasteiger partial charge in [0, 0.05) is 19.0 Å². The van der Waals surface area contributed by atoms with E-state index in [0.717, 1.165) is 18.4 Å². The first-order valence-corrected chi connectivity index (χ1v) is 7.00. The molecule has 2 aliphatic heterocycles. The van der Waals surface area contributed by atoms with Gasteiger partial charge in [0.25, 0.3) is 0 Å². The molecule has 20 heavy (non-hydrogen) atoms. The van der Waals surface area contributed by atoms with Crippen LogP contribution in [0.4, 0.5) is 4.79 Å². The van der Waals surface area contributed by atoms with Crippen molar-refractivity contribution in [1.29, 1.82) is 0 Å². The van der Waals surface area contributed by atoms with Crippen molar-refractivity contribution in [3.63, 3.8) is 0 Å². The number of benzene rings is 1. The molecule has 5 heteroatoms. The molecule has 2 amide bonds. The highest BCUT2D eigenvalue weighted by atomic mass is 16.6. The molecule has 1 aromatic carbocycles. The van der Waals surface area contributed by atoms with Crippen molar-refractivity contribution < 1.29 is 14.3 Å². The van der Waals surface area contributed by atoms with Crippen molar-refractivity contribution in [2.75, 3.05) is 6.54 Å². The van der Waals surface area contributed by atoms with E-state index in [-0.39, 0.29) is 30.7 Å². The standard InChI is InChI=1S/C15H18N2O3/c18-14-8-12-6-7-13(9-16-14)17(12)15(19)20-10-11-4-2-1-3-5-11/h1-5,12-13H,6-10H2,(H,16,18)/t12-,13+/m1/s1. The molecule has 2 fully saturated rings. The molecule has 0 aromatic heterocycles. The van der Waals surface area contributed by atoms with E-state index < -0.39 is 0 Å². The highest BCUT2D eigenvalue weighted by Gasteiger charge is 2.41. The first-order chi connectivity index (χ1) is 9.74. The van der Waals surface area contributed by atoms with Gasteiger partial charge in [-0.1, -0.05) is 30.3 Å². The highest BCUT2D eigenvalue weighted by molar-refractivity contribution is 5.79. The summed E-state index contributed by atoms with van der Waals surface area (Å²) in [6, 6.07) is 9.69. The molecule has 3 rings (SSSR count). The smallest absolute Gasteiger partial charge is 0.410 e. The van der Waals surface area contributed by atoms with Crippen LogP contribution >= 0.6 is 0 Å². The van der Waals surface area contributed by atoms with E-state index in [1.807, 2.05) is 30.3 Å². The molecule has 2 bridgehead atoms. The van der Waals surface area contributed by atoms with Gasteiger partial charge in [0.1, 0.15) is 6.61 Å². The van der Waals surface area contributed by atoms with E-state index in [9.17, 15) is 9.59 Å². The van der Waals surface area contributed by atoms with E-state index in [2.05, 4.69) is 5.32 Å². The predicted octanol–water partition coefficient (Wildman–Crippen LogP) is 1.68. The van der Waals surface area contributed by atoms with Crippen molar-refractivity contribution >= 4 is 12.0 Å². The van der Waals surface area contributed by atoms with Crippen molar-refractivity contribution in [2.45, 2.75) is 38.0 Å². The van der Waals surface area contributed by atoms with Crippen LogP contribution < -0.4 is 5.32 Å². The lowest BCUT2D eigenvalue weighted by molar-refractivity contribution is -0.121. The number of rotatable bonds is 2. The number of hydrogen-bond donors (Lipinski definition) is 1. The van der Waals surface area contributed by atoms with Crippen molar-refractivity contribution in [2.24, 2.45) is 0 Å². The molecule has 0 saturated carbocycles. The van der Waals surface area contributed by atoms with Gasteiger partial charge in [-0.05, 0) is 18.4 Å². The van der Waals surface area contributed by atoms with Gasteiger partial charge in [0.05, 0.1) is 6.04 Å². The second-order valence-electron chi connectivity index (χ2n) is 5.34. The van der Waals surface area contributed by atoms with Crippen LogP contribution in [0.25, 0.3) is 0 Å². The van der Waals surface area contributed by atoms with Gasteiger partial charge in [0.2, 0.25) is 5.91 Å². The number of carbonyl (C=O) groups excluding carboxylic acids is 2. The number of amides is 2. The molecular weight excluding hydrogens is 256 g/mol. The third-order valence-electron chi connectivity index (χ3n) is 3.99. The Morgan fingerprint density at radius 1 is 1.25 bits per heavy atom. The van der Waals surface area contributed by atoms with Crippen molar-refractivity contribution in [1.82, 2.24) is 10.2 Å². The Morgan fingerprint density at radius 2 is 2.00 bits per heavy atom. The molecule has 2 heterocycles. The third kappa shape index (κ3) is 2.61. The van der Waals surface area contributed by atoms with Crippen LogP contribution in [-0.4, -0.2) is 35.5 Å². The van der Waals surface area contributed by atoms with Crippen LogP contribution in [0.1, 0.15) is 24.8 Å². The number of hydrogen-bond acceptors (Lipinski definition) is 3. The third-order valence-corrected chi connectivity index (χ3v) is 3.99. The molecule has 2 aliphatic rings. The summed E-state index contributed by atoms with van der Waals surface area (Å²) in [6.45, 7) is 0.812. The monoisotopic (exact) mass is 274 g/mol. The van der Waals surface area contributed by atoms with Crippen LogP contribution in [0.3, 0.4) is 0 Å². The van der Waals surface area contributed by atoms with Gasteiger partial charge < -0.3 is 10.1 Å². The number of carbonyl (C=O) groups is 2. The van der Waals surface area contributed by atoms with E-state index in [0.29, 0.717) is 13.0 Å². The minimum atomic E-state index is -0.308. The Bertz CT molecular complexity index is 503. The Kier molecular flexibility index (Phi) is 3.58. The molecule has 2 atom stereocenters. The SMILES string of the molecule is O=C1C[C@H]2CC[C@@H](CN1)N2C(=O)OCc1ccccc1. The summed E-state index contributed by atoms with van der Waals surface area (Å²) < 4.78 is 5.39. The molecule has 5 nitrogen and oxygen atoms in total. The molecule has 1 N–H and O–H groups in total. The molecule has 0 radical (unpaired) electrons. The maximum Gasteiger partial charge on any atom is 0.410 e. The lowest BCUT2D eigenvalue weighted by Crippen LogP contribution is -2.42. The number of ether oxygens (including phenoxy) is 1. The number of nitrogens with one attached hydrogen (secondary N) is 1. The molecule has 2 saturated heterocycles. The Labute approximate surface area is 117 Å². The topological polar surface area (TPSA) is 58.6 Å². The van der Waals surface area contributed by atoms with Crippen LogP contribution in [-0.2, 0) is 16.1 Å². The van der Waals surface area contributed by atoms with Crippen LogP contribution in [0.5, 0.6) is 0 Å². The average molecular weight is 274 g/mol. The van der Waals surface area contributed by atoms with Crippen molar-refractivity contribution in [3.05, 3.63) is 35.9 Å². The van der Waals surface area contributed by atoms with Gasteiger partial charge in [0.15, 0.2) is 0 Å². The zero-order valence-electron chi connectivity index (χ0n) is 11.2. The normalized spacial score (nSPS) is 25.0. The largest absolute Gasteiger partial charge is 0.445 e. The van der Waals surface area contributed by atoms with Crippen LogP contribution in [0.15, 0.2) is 30.3 Å². The minimum absolute atomic E-state index is 0.00854. The fourth-order valence-corrected chi connectivity index (χ4v) is 2.97. The van der Waals surface area contributed by atoms with Gasteiger partial charge in [-0.3, -0.25) is 9.69 Å². The fourth-order valence-electron chi connectivity index (χ4n) is 2.97. The maximum atomic E-state index is 12.3.